The van der Waals surface area contributed by atoms with Crippen LogP contribution in [-0.2, 0) is 0 Å². The second-order valence-electron chi connectivity index (χ2n) is 5.65. The number of hydrogen-bond acceptors (Lipinski definition) is 6. The number of nitrogens with zero attached hydrogens (tertiary/aromatic N) is 3. The van der Waals surface area contributed by atoms with Gasteiger partial charge in [0.05, 0.1) is 22.8 Å². The maximum atomic E-state index is 11.9. The van der Waals surface area contributed by atoms with Crippen LogP contribution in [0.2, 0.25) is 0 Å². The predicted molar refractivity (Wildman–Crippen MR) is 100 cm³/mol. The van der Waals surface area contributed by atoms with Crippen LogP contribution >= 0.6 is 0 Å². The van der Waals surface area contributed by atoms with Gasteiger partial charge in [0.15, 0.2) is 0 Å². The number of azo groups is 1. The zero-order valence-electron chi connectivity index (χ0n) is 14.4. The van der Waals surface area contributed by atoms with Gasteiger partial charge in [0.2, 0.25) is 0 Å². The zero-order chi connectivity index (χ0) is 18.5. The molecule has 0 spiro atoms. The van der Waals surface area contributed by atoms with E-state index < -0.39 is 5.63 Å². The van der Waals surface area contributed by atoms with Gasteiger partial charge in [-0.3, -0.25) is 4.99 Å². The van der Waals surface area contributed by atoms with Crippen molar-refractivity contribution in [2.45, 2.75) is 13.8 Å². The van der Waals surface area contributed by atoms with Gasteiger partial charge in [0.1, 0.15) is 17.1 Å². The van der Waals surface area contributed by atoms with Crippen LogP contribution in [0.3, 0.4) is 0 Å². The van der Waals surface area contributed by atoms with Gasteiger partial charge >= 0.3 is 5.63 Å². The fourth-order valence-electron chi connectivity index (χ4n) is 2.38. The Morgan fingerprint density at radius 2 is 1.50 bits per heavy atom. The molecule has 0 saturated heterocycles. The van der Waals surface area contributed by atoms with E-state index in [0.717, 1.165) is 5.69 Å². The van der Waals surface area contributed by atoms with E-state index in [1.165, 1.54) is 6.07 Å². The lowest BCUT2D eigenvalue weighted by molar-refractivity contribution is 0.432. The van der Waals surface area contributed by atoms with Crippen molar-refractivity contribution >= 4 is 22.8 Å². The monoisotopic (exact) mass is 347 g/mol. The molecule has 2 aromatic carbocycles. The summed E-state index contributed by atoms with van der Waals surface area (Å²) >= 11 is 0. The minimum Gasteiger partial charge on any atom is -0.507 e. The molecular weight excluding hydrogens is 330 g/mol. The summed E-state index contributed by atoms with van der Waals surface area (Å²) in [6, 6.07) is 17.9. The summed E-state index contributed by atoms with van der Waals surface area (Å²) in [5, 5.41) is 18.3. The Morgan fingerprint density at radius 1 is 0.923 bits per heavy atom. The van der Waals surface area contributed by atoms with Crippen molar-refractivity contribution in [2.75, 3.05) is 0 Å². The average molecular weight is 347 g/mol. The lowest BCUT2D eigenvalue weighted by Gasteiger charge is -2.03. The second-order valence-corrected chi connectivity index (χ2v) is 5.65. The normalized spacial score (nSPS) is 11.8. The first kappa shape index (κ1) is 17.3. The number of aryl methyl sites for hydroxylation is 1. The second kappa shape index (κ2) is 7.57. The van der Waals surface area contributed by atoms with Crippen LogP contribution in [0.15, 0.2) is 85.1 Å². The third-order valence-corrected chi connectivity index (χ3v) is 3.60. The van der Waals surface area contributed by atoms with Gasteiger partial charge in [0, 0.05) is 6.07 Å². The van der Waals surface area contributed by atoms with Crippen LogP contribution in [0.4, 0.5) is 17.1 Å². The molecule has 130 valence electrons. The van der Waals surface area contributed by atoms with Gasteiger partial charge in [-0.1, -0.05) is 18.2 Å². The maximum absolute atomic E-state index is 11.9. The van der Waals surface area contributed by atoms with Crippen molar-refractivity contribution in [1.82, 2.24) is 0 Å². The molecule has 0 unspecified atom stereocenters. The molecular formula is C20H17N3O3. The van der Waals surface area contributed by atoms with E-state index in [-0.39, 0.29) is 11.3 Å². The SMILES string of the molecule is CC(=Nc1ccc(N=Nc2ccccc2)cc1)c1c(O)cc(C)oc1=O. The lowest BCUT2D eigenvalue weighted by atomic mass is 10.1. The van der Waals surface area contributed by atoms with E-state index in [1.807, 2.05) is 30.3 Å². The Bertz CT molecular complexity index is 1020. The van der Waals surface area contributed by atoms with Gasteiger partial charge in [-0.25, -0.2) is 4.79 Å². The van der Waals surface area contributed by atoms with Crippen LogP contribution in [0.5, 0.6) is 5.75 Å². The first-order valence-electron chi connectivity index (χ1n) is 7.99. The summed E-state index contributed by atoms with van der Waals surface area (Å²) in [5.41, 5.74) is 1.89. The van der Waals surface area contributed by atoms with E-state index in [1.54, 1.807) is 38.1 Å². The highest BCUT2D eigenvalue weighted by Gasteiger charge is 2.12. The third-order valence-electron chi connectivity index (χ3n) is 3.60. The third kappa shape index (κ3) is 4.10. The lowest BCUT2D eigenvalue weighted by Crippen LogP contribution is -2.12. The van der Waals surface area contributed by atoms with Crippen molar-refractivity contribution < 1.29 is 9.52 Å². The van der Waals surface area contributed by atoms with Gasteiger partial charge in [-0.15, -0.1) is 0 Å². The number of aromatic hydroxyl groups is 1. The molecule has 6 heteroatoms. The van der Waals surface area contributed by atoms with Gasteiger partial charge in [0.25, 0.3) is 0 Å². The topological polar surface area (TPSA) is 87.5 Å². The molecule has 0 aliphatic carbocycles. The van der Waals surface area contributed by atoms with Crippen LogP contribution in [0.1, 0.15) is 18.2 Å². The molecule has 0 amide bonds. The van der Waals surface area contributed by atoms with Crippen molar-refractivity contribution in [3.05, 3.63) is 82.4 Å². The van der Waals surface area contributed by atoms with E-state index in [2.05, 4.69) is 15.2 Å². The van der Waals surface area contributed by atoms with E-state index >= 15 is 0 Å². The van der Waals surface area contributed by atoms with Crippen molar-refractivity contribution in [1.29, 1.82) is 0 Å². The van der Waals surface area contributed by atoms with Crippen LogP contribution in [0.25, 0.3) is 0 Å². The first-order valence-corrected chi connectivity index (χ1v) is 7.99. The van der Waals surface area contributed by atoms with Gasteiger partial charge < -0.3 is 9.52 Å². The Balaban J connectivity index is 1.82. The van der Waals surface area contributed by atoms with E-state index in [0.29, 0.717) is 22.8 Å². The molecule has 0 radical (unpaired) electrons. The molecule has 1 aromatic heterocycles. The highest BCUT2D eigenvalue weighted by molar-refractivity contribution is 6.02. The van der Waals surface area contributed by atoms with Gasteiger partial charge in [-0.2, -0.15) is 10.2 Å². The quantitative estimate of drug-likeness (QED) is 0.519. The molecule has 6 nitrogen and oxygen atoms in total. The molecule has 0 aliphatic rings. The van der Waals surface area contributed by atoms with E-state index in [4.69, 9.17) is 4.42 Å². The number of rotatable bonds is 4. The summed E-state index contributed by atoms with van der Waals surface area (Å²) in [7, 11) is 0. The Morgan fingerprint density at radius 3 is 2.12 bits per heavy atom. The van der Waals surface area contributed by atoms with Crippen LogP contribution in [-0.4, -0.2) is 10.8 Å². The summed E-state index contributed by atoms with van der Waals surface area (Å²) < 4.78 is 5.02. The number of aliphatic imine (C=N–C) groups is 1. The highest BCUT2D eigenvalue weighted by Crippen LogP contribution is 2.23. The van der Waals surface area contributed by atoms with Crippen LogP contribution in [0, 0.1) is 6.92 Å². The molecule has 0 bridgehead atoms. The fourth-order valence-corrected chi connectivity index (χ4v) is 2.38. The smallest absolute Gasteiger partial charge is 0.348 e. The Labute approximate surface area is 150 Å². The maximum Gasteiger partial charge on any atom is 0.348 e. The molecule has 1 N–H and O–H groups in total. The standard InChI is InChI=1S/C20H17N3O3/c1-13-12-18(24)19(20(25)26-13)14(2)21-15-8-10-17(11-9-15)23-22-16-6-4-3-5-7-16/h3-12,24H,1-2H3. The van der Waals surface area contributed by atoms with Gasteiger partial charge in [-0.05, 0) is 50.2 Å². The van der Waals surface area contributed by atoms with Crippen LogP contribution < -0.4 is 5.63 Å². The molecule has 1 heterocycles. The number of benzene rings is 2. The zero-order valence-corrected chi connectivity index (χ0v) is 14.4. The molecule has 3 aromatic rings. The van der Waals surface area contributed by atoms with Crippen molar-refractivity contribution in [2.24, 2.45) is 15.2 Å². The minimum atomic E-state index is -0.614. The summed E-state index contributed by atoms with van der Waals surface area (Å²) in [6.45, 7) is 3.24. The first-order chi connectivity index (χ1) is 12.5. The Kier molecular flexibility index (Phi) is 5.03. The molecule has 0 fully saturated rings. The molecule has 3 rings (SSSR count). The molecule has 0 aliphatic heterocycles. The van der Waals surface area contributed by atoms with E-state index in [9.17, 15) is 9.90 Å². The largest absolute Gasteiger partial charge is 0.507 e. The summed E-state index contributed by atoms with van der Waals surface area (Å²) in [6.07, 6.45) is 0. The van der Waals surface area contributed by atoms with Crippen molar-refractivity contribution in [3.63, 3.8) is 0 Å². The molecule has 26 heavy (non-hydrogen) atoms. The summed E-state index contributed by atoms with van der Waals surface area (Å²) in [5.74, 6) is 0.200. The average Bonchev–Trinajstić information content (AvgIpc) is 2.61. The predicted octanol–water partition coefficient (Wildman–Crippen LogP) is 5.21. The molecule has 0 saturated carbocycles. The summed E-state index contributed by atoms with van der Waals surface area (Å²) in [4.78, 5) is 16.3. The van der Waals surface area contributed by atoms with Crippen molar-refractivity contribution in [3.8, 4) is 5.75 Å². The molecule has 0 atom stereocenters. The highest BCUT2D eigenvalue weighted by atomic mass is 16.4. The Hall–Kier alpha value is -3.54. The number of hydrogen-bond donors (Lipinski definition) is 1. The minimum absolute atomic E-state index is 0.0587. The fraction of sp³-hybridized carbons (Fsp3) is 0.100.